The fourth-order valence-electron chi connectivity index (χ4n) is 1.36. The summed E-state index contributed by atoms with van der Waals surface area (Å²) >= 11 is 0. The molecule has 0 saturated carbocycles. The van der Waals surface area contributed by atoms with Gasteiger partial charge in [-0.25, -0.2) is 4.98 Å². The van der Waals surface area contributed by atoms with Gasteiger partial charge >= 0.3 is 11.9 Å². The van der Waals surface area contributed by atoms with Crippen molar-refractivity contribution < 1.29 is 19.8 Å². The van der Waals surface area contributed by atoms with Gasteiger partial charge < -0.3 is 14.8 Å². The SMILES string of the molecule is CCn1ccnc1C(CC(=O)O)C(=O)O. The summed E-state index contributed by atoms with van der Waals surface area (Å²) in [6.07, 6.45) is 2.65. The van der Waals surface area contributed by atoms with E-state index in [0.717, 1.165) is 0 Å². The van der Waals surface area contributed by atoms with E-state index in [2.05, 4.69) is 4.98 Å². The molecule has 0 bridgehead atoms. The predicted molar refractivity (Wildman–Crippen MR) is 50.5 cm³/mol. The van der Waals surface area contributed by atoms with Crippen LogP contribution < -0.4 is 0 Å². The average Bonchev–Trinajstić information content (AvgIpc) is 2.60. The van der Waals surface area contributed by atoms with E-state index in [-0.39, 0.29) is 5.82 Å². The lowest BCUT2D eigenvalue weighted by Gasteiger charge is -2.11. The summed E-state index contributed by atoms with van der Waals surface area (Å²) in [5.41, 5.74) is 0. The molecule has 0 aromatic carbocycles. The van der Waals surface area contributed by atoms with Crippen LogP contribution in [0.2, 0.25) is 0 Å². The van der Waals surface area contributed by atoms with Crippen molar-refractivity contribution in [3.8, 4) is 0 Å². The first-order valence-electron chi connectivity index (χ1n) is 4.51. The van der Waals surface area contributed by atoms with Crippen LogP contribution in [0, 0.1) is 0 Å². The molecule has 0 aliphatic heterocycles. The number of hydrogen-bond donors (Lipinski definition) is 2. The van der Waals surface area contributed by atoms with E-state index in [4.69, 9.17) is 10.2 Å². The summed E-state index contributed by atoms with van der Waals surface area (Å²) in [5.74, 6) is -3.11. The van der Waals surface area contributed by atoms with Crippen molar-refractivity contribution in [1.29, 1.82) is 0 Å². The third-order valence-corrected chi connectivity index (χ3v) is 2.08. The molecule has 0 fully saturated rings. The van der Waals surface area contributed by atoms with Crippen LogP contribution in [-0.2, 0) is 16.1 Å². The van der Waals surface area contributed by atoms with Crippen molar-refractivity contribution in [1.82, 2.24) is 9.55 Å². The maximum absolute atomic E-state index is 10.9. The molecule has 6 heteroatoms. The third kappa shape index (κ3) is 2.55. The van der Waals surface area contributed by atoms with Gasteiger partial charge in [-0.1, -0.05) is 0 Å². The van der Waals surface area contributed by atoms with Crippen molar-refractivity contribution in [2.75, 3.05) is 0 Å². The molecule has 0 aliphatic rings. The Balaban J connectivity index is 2.98. The molecule has 1 unspecified atom stereocenters. The second-order valence-electron chi connectivity index (χ2n) is 3.06. The maximum atomic E-state index is 10.9. The highest BCUT2D eigenvalue weighted by molar-refractivity contribution is 5.81. The quantitative estimate of drug-likeness (QED) is 0.743. The van der Waals surface area contributed by atoms with Gasteiger partial charge in [-0.2, -0.15) is 0 Å². The number of aromatic nitrogens is 2. The number of carboxylic acid groups (broad SMARTS) is 2. The fourth-order valence-corrected chi connectivity index (χ4v) is 1.36. The summed E-state index contributed by atoms with van der Waals surface area (Å²) in [5, 5.41) is 17.5. The Hall–Kier alpha value is -1.85. The van der Waals surface area contributed by atoms with Crippen LogP contribution in [0.3, 0.4) is 0 Å². The van der Waals surface area contributed by atoms with Gasteiger partial charge in [0.05, 0.1) is 6.42 Å². The first-order chi connectivity index (χ1) is 7.06. The van der Waals surface area contributed by atoms with Crippen LogP contribution in [0.4, 0.5) is 0 Å². The largest absolute Gasteiger partial charge is 0.481 e. The number of rotatable bonds is 5. The molecule has 15 heavy (non-hydrogen) atoms. The second kappa shape index (κ2) is 4.59. The highest BCUT2D eigenvalue weighted by atomic mass is 16.4. The Morgan fingerprint density at radius 2 is 2.20 bits per heavy atom. The topological polar surface area (TPSA) is 92.4 Å². The Bertz CT molecular complexity index is 372. The van der Waals surface area contributed by atoms with Crippen LogP contribution in [-0.4, -0.2) is 31.7 Å². The zero-order valence-electron chi connectivity index (χ0n) is 8.25. The van der Waals surface area contributed by atoms with Crippen LogP contribution in [0.15, 0.2) is 12.4 Å². The van der Waals surface area contributed by atoms with Gasteiger partial charge in [0.2, 0.25) is 0 Å². The smallest absolute Gasteiger partial charge is 0.314 e. The number of nitrogens with zero attached hydrogens (tertiary/aromatic N) is 2. The molecular formula is C9H12N2O4. The first kappa shape index (κ1) is 11.2. The fraction of sp³-hybridized carbons (Fsp3) is 0.444. The molecule has 0 saturated heterocycles. The molecule has 1 aromatic rings. The van der Waals surface area contributed by atoms with Crippen molar-refractivity contribution in [2.24, 2.45) is 0 Å². The second-order valence-corrected chi connectivity index (χ2v) is 3.06. The van der Waals surface area contributed by atoms with Crippen molar-refractivity contribution >= 4 is 11.9 Å². The van der Waals surface area contributed by atoms with Gasteiger partial charge in [-0.15, -0.1) is 0 Å². The highest BCUT2D eigenvalue weighted by Crippen LogP contribution is 2.18. The normalized spacial score (nSPS) is 12.3. The summed E-state index contributed by atoms with van der Waals surface area (Å²) < 4.78 is 1.63. The summed E-state index contributed by atoms with van der Waals surface area (Å²) in [7, 11) is 0. The Labute approximate surface area is 86.2 Å². The van der Waals surface area contributed by atoms with Gasteiger partial charge in [0.1, 0.15) is 11.7 Å². The van der Waals surface area contributed by atoms with E-state index in [9.17, 15) is 9.59 Å². The van der Waals surface area contributed by atoms with Crippen molar-refractivity contribution in [3.63, 3.8) is 0 Å². The molecule has 0 spiro atoms. The molecule has 0 aliphatic carbocycles. The van der Waals surface area contributed by atoms with Gasteiger partial charge in [0.25, 0.3) is 0 Å². The molecular weight excluding hydrogens is 200 g/mol. The van der Waals surface area contributed by atoms with E-state index in [1.54, 1.807) is 10.8 Å². The van der Waals surface area contributed by atoms with E-state index in [1.807, 2.05) is 6.92 Å². The van der Waals surface area contributed by atoms with Crippen molar-refractivity contribution in [3.05, 3.63) is 18.2 Å². The molecule has 0 amide bonds. The zero-order chi connectivity index (χ0) is 11.4. The number of imidazole rings is 1. The minimum absolute atomic E-state index is 0.285. The molecule has 1 heterocycles. The van der Waals surface area contributed by atoms with Gasteiger partial charge in [-0.3, -0.25) is 9.59 Å². The standard InChI is InChI=1S/C9H12N2O4/c1-2-11-4-3-10-8(11)6(9(14)15)5-7(12)13/h3-4,6H,2,5H2,1H3,(H,12,13)(H,14,15). The third-order valence-electron chi connectivity index (χ3n) is 2.08. The van der Waals surface area contributed by atoms with Crippen LogP contribution in [0.5, 0.6) is 0 Å². The average molecular weight is 212 g/mol. The van der Waals surface area contributed by atoms with Gasteiger partial charge in [0.15, 0.2) is 0 Å². The van der Waals surface area contributed by atoms with Crippen molar-refractivity contribution in [2.45, 2.75) is 25.8 Å². The Kier molecular flexibility index (Phi) is 3.43. The first-order valence-corrected chi connectivity index (χ1v) is 4.51. The molecule has 1 rings (SSSR count). The maximum Gasteiger partial charge on any atom is 0.314 e. The molecule has 1 atom stereocenters. The minimum atomic E-state index is -1.17. The summed E-state index contributed by atoms with van der Waals surface area (Å²) in [4.78, 5) is 25.3. The molecule has 0 radical (unpaired) electrons. The Morgan fingerprint density at radius 3 is 2.67 bits per heavy atom. The van der Waals surface area contributed by atoms with Gasteiger partial charge in [-0.05, 0) is 6.92 Å². The summed E-state index contributed by atoms with van der Waals surface area (Å²) in [6.45, 7) is 2.41. The number of carboxylic acids is 2. The van der Waals surface area contributed by atoms with E-state index in [1.165, 1.54) is 6.20 Å². The lowest BCUT2D eigenvalue weighted by Crippen LogP contribution is -2.20. The van der Waals surface area contributed by atoms with E-state index >= 15 is 0 Å². The van der Waals surface area contributed by atoms with Crippen LogP contribution >= 0.6 is 0 Å². The number of carbonyl (C=O) groups is 2. The lowest BCUT2D eigenvalue weighted by molar-refractivity contribution is -0.145. The van der Waals surface area contributed by atoms with E-state index in [0.29, 0.717) is 6.54 Å². The number of aryl methyl sites for hydroxylation is 1. The number of hydrogen-bond acceptors (Lipinski definition) is 3. The lowest BCUT2D eigenvalue weighted by atomic mass is 10.1. The Morgan fingerprint density at radius 1 is 1.53 bits per heavy atom. The van der Waals surface area contributed by atoms with E-state index < -0.39 is 24.3 Å². The van der Waals surface area contributed by atoms with Crippen LogP contribution in [0.1, 0.15) is 25.1 Å². The highest BCUT2D eigenvalue weighted by Gasteiger charge is 2.26. The van der Waals surface area contributed by atoms with Gasteiger partial charge in [0, 0.05) is 18.9 Å². The number of aliphatic carboxylic acids is 2. The zero-order valence-corrected chi connectivity index (χ0v) is 8.25. The predicted octanol–water partition coefficient (Wildman–Crippen LogP) is 0.546. The molecule has 6 nitrogen and oxygen atoms in total. The minimum Gasteiger partial charge on any atom is -0.481 e. The monoisotopic (exact) mass is 212 g/mol. The summed E-state index contributed by atoms with van der Waals surface area (Å²) in [6, 6.07) is 0. The molecule has 1 aromatic heterocycles. The molecule has 2 N–H and O–H groups in total. The molecule has 82 valence electrons. The van der Waals surface area contributed by atoms with Crippen LogP contribution in [0.25, 0.3) is 0 Å².